The SMILES string of the molecule is CCc1oc(=O)oc1COC(=O)N1CCC(N2CC/C(=C\C3=C(C(=O)O)N4C(=O)[C@@H](NC(=O)/C(=N\O)c5nsc(N)n5)C4SC3)C2=O)C1. The Morgan fingerprint density at radius 3 is 2.67 bits per heavy atom. The van der Waals surface area contributed by atoms with E-state index in [9.17, 15) is 39.1 Å². The van der Waals surface area contributed by atoms with Crippen molar-refractivity contribution in [2.75, 3.05) is 31.1 Å². The van der Waals surface area contributed by atoms with Crippen LogP contribution in [0.5, 0.6) is 0 Å². The Morgan fingerprint density at radius 1 is 1.21 bits per heavy atom. The highest BCUT2D eigenvalue weighted by atomic mass is 32.2. The molecule has 6 rings (SSSR count). The first-order valence-corrected chi connectivity index (χ1v) is 16.4. The van der Waals surface area contributed by atoms with E-state index in [0.29, 0.717) is 43.7 Å². The molecule has 48 heavy (non-hydrogen) atoms. The molecule has 3 saturated heterocycles. The van der Waals surface area contributed by atoms with Crippen LogP contribution in [0.15, 0.2) is 41.7 Å². The number of allylic oxidation sites excluding steroid dienone is 1. The number of aromatic nitrogens is 2. The summed E-state index contributed by atoms with van der Waals surface area (Å²) < 4.78 is 18.9. The quantitative estimate of drug-likeness (QED) is 0.0859. The highest BCUT2D eigenvalue weighted by molar-refractivity contribution is 8.00. The van der Waals surface area contributed by atoms with Gasteiger partial charge in [0.1, 0.15) is 17.1 Å². The van der Waals surface area contributed by atoms with Crippen molar-refractivity contribution in [3.8, 4) is 0 Å². The number of ether oxygens (including phenoxy) is 1. The molecule has 0 radical (unpaired) electrons. The fourth-order valence-electron chi connectivity index (χ4n) is 5.91. The van der Waals surface area contributed by atoms with Gasteiger partial charge in [-0.1, -0.05) is 12.1 Å². The van der Waals surface area contributed by atoms with E-state index in [4.69, 9.17) is 19.3 Å². The zero-order valence-electron chi connectivity index (χ0n) is 25.1. The fraction of sp³-hybridized carbons (Fsp3) is 0.444. The first kappa shape index (κ1) is 32.7. The lowest BCUT2D eigenvalue weighted by Gasteiger charge is -2.49. The molecule has 6 heterocycles. The summed E-state index contributed by atoms with van der Waals surface area (Å²) in [5.74, 6) is -3.88. The van der Waals surface area contributed by atoms with Gasteiger partial charge in [-0.05, 0) is 24.5 Å². The zero-order valence-corrected chi connectivity index (χ0v) is 26.7. The number of nitrogens with two attached hydrogens (primary N) is 1. The molecular formula is C27H28N8O11S2. The van der Waals surface area contributed by atoms with Crippen molar-refractivity contribution in [2.45, 2.75) is 50.3 Å². The fourth-order valence-corrected chi connectivity index (χ4v) is 7.65. The maximum Gasteiger partial charge on any atom is 0.519 e. The summed E-state index contributed by atoms with van der Waals surface area (Å²) in [4.78, 5) is 83.6. The zero-order chi connectivity index (χ0) is 34.3. The lowest BCUT2D eigenvalue weighted by Crippen LogP contribution is -2.71. The number of rotatable bonds is 9. The Balaban J connectivity index is 1.09. The average Bonchev–Trinajstić information content (AvgIpc) is 3.86. The summed E-state index contributed by atoms with van der Waals surface area (Å²) in [7, 11) is 0. The summed E-state index contributed by atoms with van der Waals surface area (Å²) in [5, 5.41) is 24.0. The van der Waals surface area contributed by atoms with Crippen LogP contribution in [0.4, 0.5) is 9.93 Å². The minimum absolute atomic E-state index is 0.0328. The second-order valence-corrected chi connectivity index (χ2v) is 12.8. The van der Waals surface area contributed by atoms with Crippen LogP contribution in [-0.4, -0.2) is 113 Å². The van der Waals surface area contributed by atoms with Crippen LogP contribution in [0.2, 0.25) is 0 Å². The molecule has 2 aromatic rings. The molecule has 2 aromatic heterocycles. The summed E-state index contributed by atoms with van der Waals surface area (Å²) in [6, 6.07) is -1.41. The molecule has 0 saturated carbocycles. The number of amides is 4. The first-order valence-electron chi connectivity index (χ1n) is 14.6. The standard InChI is InChI=1S/C27H28N8O11S2/c1-2-14-15(46-27(42)45-14)9-44-26(41)33-5-4-13(8-33)34-6-3-11(21(34)37)7-12-10-47-23-17(22(38)35(23)18(12)24(39)40)29-20(36)16(31-43)19-30-25(28)48-32-19/h7,13,17,23,43H,2-6,8-10H2,1H3,(H,29,36)(H,39,40)(H2,28,30,32)/b11-7+,31-16-/t13?,17-,23?/m1/s1. The number of hydrogen-bond acceptors (Lipinski definition) is 16. The second kappa shape index (κ2) is 13.1. The van der Waals surface area contributed by atoms with Crippen molar-refractivity contribution in [1.29, 1.82) is 0 Å². The van der Waals surface area contributed by atoms with Gasteiger partial charge in [0.15, 0.2) is 23.3 Å². The number of nitrogen functional groups attached to an aromatic ring is 1. The number of aliphatic carboxylic acids is 1. The number of thioether (sulfide) groups is 1. The number of β-lactam (4-membered cyclic amide) rings is 1. The minimum Gasteiger partial charge on any atom is -0.477 e. The molecule has 19 nitrogen and oxygen atoms in total. The number of oxime groups is 1. The number of carbonyl (C=O) groups excluding carboxylic acids is 4. The van der Waals surface area contributed by atoms with Crippen LogP contribution in [0.25, 0.3) is 0 Å². The number of carboxylic acids is 1. The normalized spacial score (nSPS) is 23.5. The molecule has 4 aliphatic heterocycles. The van der Waals surface area contributed by atoms with E-state index in [0.717, 1.165) is 16.4 Å². The summed E-state index contributed by atoms with van der Waals surface area (Å²) in [6.45, 7) is 2.41. The molecule has 0 spiro atoms. The van der Waals surface area contributed by atoms with Crippen molar-refractivity contribution in [3.05, 3.63) is 50.9 Å². The first-order chi connectivity index (χ1) is 23.0. The highest BCUT2D eigenvalue weighted by Gasteiger charge is 2.54. The lowest BCUT2D eigenvalue weighted by atomic mass is 10.0. The summed E-state index contributed by atoms with van der Waals surface area (Å²) in [6.07, 6.45) is 2.08. The minimum atomic E-state index is -1.38. The number of likely N-dealkylation sites (tertiary alicyclic amines) is 2. The van der Waals surface area contributed by atoms with Gasteiger partial charge < -0.3 is 44.7 Å². The molecule has 254 valence electrons. The maximum absolute atomic E-state index is 13.4. The van der Waals surface area contributed by atoms with Crippen molar-refractivity contribution < 1.29 is 47.9 Å². The van der Waals surface area contributed by atoms with E-state index in [1.807, 2.05) is 0 Å². The maximum atomic E-state index is 13.4. The van der Waals surface area contributed by atoms with Crippen LogP contribution in [-0.2, 0) is 36.9 Å². The van der Waals surface area contributed by atoms with E-state index in [2.05, 4.69) is 19.8 Å². The monoisotopic (exact) mass is 704 g/mol. The molecule has 3 atom stereocenters. The van der Waals surface area contributed by atoms with Crippen LogP contribution >= 0.6 is 23.3 Å². The third-order valence-corrected chi connectivity index (χ3v) is 10.0. The number of carboxylic acid groups (broad SMARTS) is 1. The molecule has 4 aliphatic rings. The van der Waals surface area contributed by atoms with Gasteiger partial charge in [-0.2, -0.15) is 9.36 Å². The molecule has 4 amide bonds. The van der Waals surface area contributed by atoms with Crippen molar-refractivity contribution in [2.24, 2.45) is 5.16 Å². The van der Waals surface area contributed by atoms with Crippen LogP contribution in [0.3, 0.4) is 0 Å². The van der Waals surface area contributed by atoms with E-state index in [1.54, 1.807) is 11.8 Å². The van der Waals surface area contributed by atoms with Crippen LogP contribution in [0, 0.1) is 0 Å². The number of anilines is 1. The molecule has 3 fully saturated rings. The topological polar surface area (TPSA) is 264 Å². The predicted molar refractivity (Wildman–Crippen MR) is 164 cm³/mol. The van der Waals surface area contributed by atoms with Crippen molar-refractivity contribution in [1.82, 2.24) is 29.4 Å². The van der Waals surface area contributed by atoms with E-state index in [1.165, 1.54) is 22.7 Å². The Hall–Kier alpha value is -5.18. The molecule has 2 unspecified atom stereocenters. The van der Waals surface area contributed by atoms with Crippen molar-refractivity contribution >= 4 is 63.9 Å². The second-order valence-electron chi connectivity index (χ2n) is 11.0. The molecule has 0 aromatic carbocycles. The Labute approximate surface area is 278 Å². The van der Waals surface area contributed by atoms with Gasteiger partial charge in [0.25, 0.3) is 11.8 Å². The number of fused-ring (bicyclic) bond motifs is 1. The smallest absolute Gasteiger partial charge is 0.477 e. The predicted octanol–water partition coefficient (Wildman–Crippen LogP) is -0.284. The third-order valence-electron chi connectivity index (χ3n) is 8.20. The van der Waals surface area contributed by atoms with E-state index < -0.39 is 46.8 Å². The molecular weight excluding hydrogens is 676 g/mol. The van der Waals surface area contributed by atoms with Gasteiger partial charge in [-0.25, -0.2) is 14.4 Å². The molecule has 0 bridgehead atoms. The summed E-state index contributed by atoms with van der Waals surface area (Å²) >= 11 is 1.97. The highest BCUT2D eigenvalue weighted by Crippen LogP contribution is 2.41. The van der Waals surface area contributed by atoms with E-state index in [-0.39, 0.29) is 58.8 Å². The number of nitrogens with zero attached hydrogens (tertiary/aromatic N) is 6. The average molecular weight is 705 g/mol. The Bertz CT molecular complexity index is 1850. The number of hydrogen-bond donors (Lipinski definition) is 4. The third kappa shape index (κ3) is 6.01. The number of nitrogens with one attached hydrogen (secondary N) is 1. The van der Waals surface area contributed by atoms with Gasteiger partial charge in [0, 0.05) is 48.9 Å². The molecule has 5 N–H and O–H groups in total. The van der Waals surface area contributed by atoms with Crippen LogP contribution in [0.1, 0.15) is 37.1 Å². The van der Waals surface area contributed by atoms with Gasteiger partial charge in [0.05, 0.1) is 6.04 Å². The Morgan fingerprint density at radius 2 is 1.98 bits per heavy atom. The molecule has 0 aliphatic carbocycles. The lowest BCUT2D eigenvalue weighted by molar-refractivity contribution is -0.150. The van der Waals surface area contributed by atoms with Crippen molar-refractivity contribution in [3.63, 3.8) is 0 Å². The Kier molecular flexibility index (Phi) is 8.97. The van der Waals surface area contributed by atoms with Gasteiger partial charge >= 0.3 is 17.9 Å². The van der Waals surface area contributed by atoms with Crippen LogP contribution < -0.4 is 16.9 Å². The van der Waals surface area contributed by atoms with Gasteiger partial charge in [0.2, 0.25) is 17.4 Å². The number of carbonyl (C=O) groups is 5. The number of aryl methyl sites for hydroxylation is 1. The summed E-state index contributed by atoms with van der Waals surface area (Å²) in [5.41, 5.74) is 5.30. The molecule has 21 heteroatoms. The largest absolute Gasteiger partial charge is 0.519 e. The van der Waals surface area contributed by atoms with Gasteiger partial charge in [-0.15, -0.1) is 11.8 Å². The van der Waals surface area contributed by atoms with E-state index >= 15 is 0 Å². The van der Waals surface area contributed by atoms with Gasteiger partial charge in [-0.3, -0.25) is 19.3 Å².